The summed E-state index contributed by atoms with van der Waals surface area (Å²) in [5.74, 6) is 0.306. The van der Waals surface area contributed by atoms with Crippen LogP contribution in [-0.4, -0.2) is 28.4 Å². The van der Waals surface area contributed by atoms with Crippen LogP contribution in [0.5, 0.6) is 5.75 Å². The van der Waals surface area contributed by atoms with Gasteiger partial charge < -0.3 is 14.5 Å². The molecule has 0 saturated carbocycles. The van der Waals surface area contributed by atoms with E-state index in [0.717, 1.165) is 15.6 Å². The second-order valence-electron chi connectivity index (χ2n) is 9.62. The average molecular weight is 632 g/mol. The van der Waals surface area contributed by atoms with Crippen molar-refractivity contribution >= 4 is 74.5 Å². The number of benzene rings is 4. The van der Waals surface area contributed by atoms with E-state index in [0.29, 0.717) is 38.5 Å². The van der Waals surface area contributed by atoms with E-state index < -0.39 is 5.56 Å². The van der Waals surface area contributed by atoms with Crippen LogP contribution in [0.15, 0.2) is 99.2 Å². The normalized spacial score (nSPS) is 11.4. The van der Waals surface area contributed by atoms with E-state index in [9.17, 15) is 9.59 Å². The number of aryl methyl sites for hydroxylation is 1. The summed E-state index contributed by atoms with van der Waals surface area (Å²) in [5, 5.41) is 9.20. The van der Waals surface area contributed by atoms with Gasteiger partial charge in [-0.2, -0.15) is 9.78 Å². The van der Waals surface area contributed by atoms with Crippen molar-refractivity contribution in [1.29, 1.82) is 0 Å². The van der Waals surface area contributed by atoms with Gasteiger partial charge in [0.2, 0.25) is 5.82 Å². The van der Waals surface area contributed by atoms with Crippen molar-refractivity contribution in [3.8, 4) is 17.3 Å². The number of halogens is 3. The maximum absolute atomic E-state index is 13.5. The number of fused-ring (bicyclic) bond motifs is 2. The first kappa shape index (κ1) is 28.5. The van der Waals surface area contributed by atoms with Crippen LogP contribution < -0.4 is 15.6 Å². The minimum absolute atomic E-state index is 0.144. The van der Waals surface area contributed by atoms with Gasteiger partial charge in [-0.1, -0.05) is 64.6 Å². The number of para-hydroxylation sites is 1. The maximum Gasteiger partial charge on any atom is 0.282 e. The Morgan fingerprint density at radius 1 is 1.00 bits per heavy atom. The van der Waals surface area contributed by atoms with Crippen LogP contribution in [-0.2, 0) is 4.79 Å². The molecule has 0 spiro atoms. The van der Waals surface area contributed by atoms with Crippen molar-refractivity contribution < 1.29 is 13.9 Å². The molecular weight excluding hydrogens is 611 g/mol. The number of anilines is 1. The molecule has 0 radical (unpaired) electrons. The number of hydrogen-bond acceptors (Lipinski definition) is 6. The van der Waals surface area contributed by atoms with Crippen molar-refractivity contribution in [3.63, 3.8) is 0 Å². The molecule has 0 unspecified atom stereocenters. The summed E-state index contributed by atoms with van der Waals surface area (Å²) in [4.78, 5) is 30.6. The quantitative estimate of drug-likeness (QED) is 0.180. The van der Waals surface area contributed by atoms with E-state index in [1.54, 1.807) is 72.8 Å². The molecule has 0 aliphatic carbocycles. The first-order valence-electron chi connectivity index (χ1n) is 13.0. The van der Waals surface area contributed by atoms with Crippen LogP contribution in [0.1, 0.15) is 11.1 Å². The standard InChI is InChI=1S/C32H21Cl3N4O4/c1-18-6-9-22(10-7-18)37-29(40)17-42-30-24(34)12-19(13-25(30)35)16-36-39-31(38-26-5-3-2-4-23(26)32(39)41)28-15-20-14-21(33)8-11-27(20)43-28/h2-16H,17H2,1H3,(H,37,40). The lowest BCUT2D eigenvalue weighted by molar-refractivity contribution is -0.118. The Labute approximate surface area is 260 Å². The number of furan rings is 1. The topological polar surface area (TPSA) is 98.7 Å². The van der Waals surface area contributed by atoms with E-state index >= 15 is 0 Å². The fourth-order valence-electron chi connectivity index (χ4n) is 4.40. The van der Waals surface area contributed by atoms with Gasteiger partial charge in [-0.3, -0.25) is 9.59 Å². The summed E-state index contributed by atoms with van der Waals surface area (Å²) in [6.45, 7) is 1.66. The zero-order valence-corrected chi connectivity index (χ0v) is 24.7. The van der Waals surface area contributed by atoms with E-state index in [1.807, 2.05) is 19.1 Å². The third kappa shape index (κ3) is 6.12. The van der Waals surface area contributed by atoms with Crippen LogP contribution in [0.4, 0.5) is 5.69 Å². The molecule has 1 amide bonds. The summed E-state index contributed by atoms with van der Waals surface area (Å²) in [6.07, 6.45) is 1.42. The van der Waals surface area contributed by atoms with Crippen molar-refractivity contribution in [1.82, 2.24) is 9.66 Å². The van der Waals surface area contributed by atoms with Gasteiger partial charge in [0.25, 0.3) is 11.5 Å². The number of nitrogens with one attached hydrogen (secondary N) is 1. The van der Waals surface area contributed by atoms with Gasteiger partial charge >= 0.3 is 0 Å². The average Bonchev–Trinajstić information content (AvgIpc) is 3.40. The number of nitrogens with zero attached hydrogens (tertiary/aromatic N) is 3. The highest BCUT2D eigenvalue weighted by atomic mass is 35.5. The highest BCUT2D eigenvalue weighted by molar-refractivity contribution is 6.37. The highest BCUT2D eigenvalue weighted by Crippen LogP contribution is 2.34. The Morgan fingerprint density at radius 3 is 2.51 bits per heavy atom. The van der Waals surface area contributed by atoms with Crippen molar-refractivity contribution in [2.24, 2.45) is 5.10 Å². The zero-order valence-electron chi connectivity index (χ0n) is 22.5. The van der Waals surface area contributed by atoms with E-state index in [-0.39, 0.29) is 34.1 Å². The molecule has 1 N–H and O–H groups in total. The number of ether oxygens (including phenoxy) is 1. The molecule has 6 aromatic rings. The van der Waals surface area contributed by atoms with Crippen molar-refractivity contribution in [3.05, 3.63) is 121 Å². The van der Waals surface area contributed by atoms with Gasteiger partial charge in [0, 0.05) is 16.1 Å². The lowest BCUT2D eigenvalue weighted by atomic mass is 10.2. The molecule has 6 rings (SSSR count). The molecule has 0 bridgehead atoms. The Balaban J connectivity index is 1.29. The molecule has 8 nitrogen and oxygen atoms in total. The minimum Gasteiger partial charge on any atom is -0.481 e. The molecule has 2 heterocycles. The number of rotatable bonds is 7. The Bertz CT molecular complexity index is 2080. The summed E-state index contributed by atoms with van der Waals surface area (Å²) < 4.78 is 12.8. The zero-order chi connectivity index (χ0) is 30.1. The molecule has 0 fully saturated rings. The van der Waals surface area contributed by atoms with Crippen LogP contribution in [0.3, 0.4) is 0 Å². The van der Waals surface area contributed by atoms with Gasteiger partial charge in [0.15, 0.2) is 18.1 Å². The Morgan fingerprint density at radius 2 is 1.74 bits per heavy atom. The van der Waals surface area contributed by atoms with E-state index in [4.69, 9.17) is 44.0 Å². The molecule has 0 aliphatic rings. The smallest absolute Gasteiger partial charge is 0.282 e. The molecule has 0 saturated heterocycles. The van der Waals surface area contributed by atoms with Gasteiger partial charge in [0.05, 0.1) is 27.2 Å². The number of aromatic nitrogens is 2. The monoisotopic (exact) mass is 630 g/mol. The molecule has 214 valence electrons. The van der Waals surface area contributed by atoms with Crippen LogP contribution >= 0.6 is 34.8 Å². The Hall–Kier alpha value is -4.63. The molecule has 43 heavy (non-hydrogen) atoms. The van der Waals surface area contributed by atoms with Crippen LogP contribution in [0.2, 0.25) is 15.1 Å². The summed E-state index contributed by atoms with van der Waals surface area (Å²) in [7, 11) is 0. The fraction of sp³-hybridized carbons (Fsp3) is 0.0625. The molecule has 0 aliphatic heterocycles. The molecule has 4 aromatic carbocycles. The highest BCUT2D eigenvalue weighted by Gasteiger charge is 2.17. The summed E-state index contributed by atoms with van der Waals surface area (Å²) in [5.41, 5.74) is 2.88. The van der Waals surface area contributed by atoms with Gasteiger partial charge in [-0.25, -0.2) is 4.98 Å². The molecule has 0 atom stereocenters. The largest absolute Gasteiger partial charge is 0.481 e. The predicted molar refractivity (Wildman–Crippen MR) is 171 cm³/mol. The fourth-order valence-corrected chi connectivity index (χ4v) is 5.20. The van der Waals surface area contributed by atoms with Gasteiger partial charge in [-0.05, 0) is 73.2 Å². The SMILES string of the molecule is Cc1ccc(NC(=O)COc2c(Cl)cc(C=Nn3c(-c4cc5cc(Cl)ccc5o4)nc4ccccc4c3=O)cc2Cl)cc1. The van der Waals surface area contributed by atoms with E-state index in [1.165, 1.54) is 6.21 Å². The van der Waals surface area contributed by atoms with Gasteiger partial charge in [-0.15, -0.1) is 0 Å². The third-order valence-corrected chi connectivity index (χ3v) is 7.27. The second-order valence-corrected chi connectivity index (χ2v) is 10.9. The lowest BCUT2D eigenvalue weighted by Crippen LogP contribution is -2.20. The second kappa shape index (κ2) is 11.9. The predicted octanol–water partition coefficient (Wildman–Crippen LogP) is 7.98. The molecule has 2 aromatic heterocycles. The number of carbonyl (C=O) groups is 1. The number of hydrogen-bond donors (Lipinski definition) is 1. The van der Waals surface area contributed by atoms with Crippen molar-refractivity contribution in [2.75, 3.05) is 11.9 Å². The maximum atomic E-state index is 13.5. The molecular formula is C32H21Cl3N4O4. The Kier molecular flexibility index (Phi) is 7.90. The van der Waals surface area contributed by atoms with Crippen molar-refractivity contribution in [2.45, 2.75) is 6.92 Å². The number of carbonyl (C=O) groups excluding carboxylic acids is 1. The van der Waals surface area contributed by atoms with Gasteiger partial charge in [0.1, 0.15) is 5.58 Å². The lowest BCUT2D eigenvalue weighted by Gasteiger charge is -2.11. The molecule has 11 heteroatoms. The van der Waals surface area contributed by atoms with Crippen LogP contribution in [0, 0.1) is 6.92 Å². The first-order chi connectivity index (χ1) is 20.7. The third-order valence-electron chi connectivity index (χ3n) is 6.48. The van der Waals surface area contributed by atoms with Crippen LogP contribution in [0.25, 0.3) is 33.5 Å². The van der Waals surface area contributed by atoms with E-state index in [2.05, 4.69) is 15.4 Å². The minimum atomic E-state index is -0.396. The first-order valence-corrected chi connectivity index (χ1v) is 14.1. The number of amides is 1. The summed E-state index contributed by atoms with van der Waals surface area (Å²) in [6, 6.07) is 24.4. The summed E-state index contributed by atoms with van der Waals surface area (Å²) >= 11 is 19.1.